The fourth-order valence-corrected chi connectivity index (χ4v) is 17.2. The van der Waals surface area contributed by atoms with Crippen molar-refractivity contribution in [2.75, 3.05) is 59.5 Å². The van der Waals surface area contributed by atoms with Crippen LogP contribution in [0, 0.1) is 0 Å². The Hall–Kier alpha value is -4.40. The van der Waals surface area contributed by atoms with Crippen molar-refractivity contribution in [2.45, 2.75) is 368 Å². The molecule has 0 aromatic heterocycles. The van der Waals surface area contributed by atoms with Gasteiger partial charge in [-0.05, 0) is 0 Å². The van der Waals surface area contributed by atoms with Gasteiger partial charge in [0.15, 0.2) is 68.8 Å². The Morgan fingerprint density at radius 3 is 1.21 bits per heavy atom. The van der Waals surface area contributed by atoms with Gasteiger partial charge in [-0.3, -0.25) is 0 Å². The summed E-state index contributed by atoms with van der Waals surface area (Å²) in [7, 11) is 0. The summed E-state index contributed by atoms with van der Waals surface area (Å²) in [4.78, 5) is 51.7. The monoisotopic (exact) mass is 2030 g/mol. The van der Waals surface area contributed by atoms with E-state index in [0.29, 0.717) is 0 Å². The molecule has 11 aliphatic heterocycles. The average molecular weight is 2030 g/mol. The molecule has 11 aliphatic rings. The fourth-order valence-electron chi connectivity index (χ4n) is 17.2. The van der Waals surface area contributed by atoms with Gasteiger partial charge in [-0.2, -0.15) is 0 Å². The van der Waals surface area contributed by atoms with Crippen LogP contribution in [0.2, 0.25) is 0 Å². The first kappa shape index (κ1) is 114. The lowest BCUT2D eigenvalue weighted by molar-refractivity contribution is -0.416. The molecule has 0 unspecified atom stereocenters. The zero-order chi connectivity index (χ0) is 102. The number of hydrogen-bond donors (Lipinski definition) is 40. The van der Waals surface area contributed by atoms with Gasteiger partial charge in [-0.25, -0.2) is 19.2 Å². The summed E-state index contributed by atoms with van der Waals surface area (Å²) in [6.07, 6.45) is -138. The second-order valence-electron chi connectivity index (χ2n) is 34.5. The van der Waals surface area contributed by atoms with Gasteiger partial charge in [-0.1, -0.05) is 0 Å². The fraction of sp³-hybridized carbons (Fsp3) is 0.945. The predicted octanol–water partition coefficient (Wildman–Crippen LogP) is -27.1. The number of aliphatic carboxylic acids is 4. The van der Waals surface area contributed by atoms with E-state index in [-0.39, 0.29) is 0 Å². The topological polar surface area (TPSA) is 1080 Å². The molecule has 0 aliphatic carbocycles. The molecule has 65 nitrogen and oxygen atoms in total. The molecular formula is C73H119NO64. The van der Waals surface area contributed by atoms with Crippen LogP contribution in [-0.2, 0) is 119 Å². The van der Waals surface area contributed by atoms with E-state index in [1.807, 2.05) is 0 Å². The van der Waals surface area contributed by atoms with E-state index >= 15 is 0 Å². The molecule has 11 rings (SSSR count). The second kappa shape index (κ2) is 47.6. The Morgan fingerprint density at radius 2 is 0.688 bits per heavy atom. The zero-order valence-corrected chi connectivity index (χ0v) is 71.3. The van der Waals surface area contributed by atoms with Gasteiger partial charge < -0.3 is 304 Å². The molecule has 0 amide bonds. The van der Waals surface area contributed by atoms with Crippen LogP contribution in [0.1, 0.15) is 12.8 Å². The summed E-state index contributed by atoms with van der Waals surface area (Å²) in [5, 5.41) is 431. The molecule has 0 aromatic carbocycles. The van der Waals surface area contributed by atoms with Crippen LogP contribution in [0.5, 0.6) is 0 Å². The summed E-state index contributed by atoms with van der Waals surface area (Å²) in [6.45, 7) is -11.7. The summed E-state index contributed by atoms with van der Waals surface area (Å²) >= 11 is 0. The van der Waals surface area contributed by atoms with Gasteiger partial charge in [0.05, 0.1) is 77.7 Å². The van der Waals surface area contributed by atoms with E-state index in [1.54, 1.807) is 0 Å². The molecule has 0 bridgehead atoms. The minimum absolute atomic E-state index is 0.909. The van der Waals surface area contributed by atoms with Gasteiger partial charge in [0.25, 0.3) is 11.6 Å². The first-order valence-electron chi connectivity index (χ1n) is 42.6. The highest BCUT2D eigenvalue weighted by molar-refractivity contribution is 5.77. The van der Waals surface area contributed by atoms with Crippen LogP contribution in [-0.4, -0.2) is 638 Å². The Bertz CT molecular complexity index is 3840. The summed E-state index contributed by atoms with van der Waals surface area (Å²) in [5.74, 6) is -16.2. The van der Waals surface area contributed by atoms with Crippen LogP contribution in [0.25, 0.3) is 0 Å². The van der Waals surface area contributed by atoms with Crippen LogP contribution < -0.4 is 5.73 Å². The highest BCUT2D eigenvalue weighted by atomic mass is 16.8. The first-order chi connectivity index (χ1) is 64.8. The van der Waals surface area contributed by atoms with Crippen molar-refractivity contribution in [1.82, 2.24) is 0 Å². The lowest BCUT2D eigenvalue weighted by atomic mass is 9.89. The number of ether oxygens (including phenoxy) is 21. The number of carboxylic acid groups (broad SMARTS) is 4. The van der Waals surface area contributed by atoms with Gasteiger partial charge in [0, 0.05) is 12.8 Å². The molecule has 138 heavy (non-hydrogen) atoms. The molecule has 0 spiro atoms. The third kappa shape index (κ3) is 23.7. The minimum Gasteiger partial charge on any atom is -0.479 e. The van der Waals surface area contributed by atoms with Crippen molar-refractivity contribution in [2.24, 2.45) is 5.73 Å². The van der Waals surface area contributed by atoms with Crippen LogP contribution in [0.4, 0.5) is 0 Å². The first-order valence-corrected chi connectivity index (χ1v) is 42.6. The molecule has 800 valence electrons. The summed E-state index contributed by atoms with van der Waals surface area (Å²) in [5.41, 5.74) is 6.36. The maximum atomic E-state index is 13.5. The standard InChI is InChI=1S/C73H119NO64/c74-23-28(91)51(128-66-41(104)31(94)27(90)22(124-66)11-120-62-37(100)29(92)25(88)19(6-78)121-62)21(8-80)123-61(23)131-54-36(99)42(105)67(135-58(54)60(111)112)130-53-43(106)47(17(86)10-118-63-38(101)32(95)34(97)46(125-63)16(85)9-119-64-39(102)33(96)35(98)56(133-64)59(109)110)126-68(44(53)107)132-55-45(108)69(127-49(14(83)4-76)57(55)134-65-40(103)30(93)26(89)20(7-79)122-65)129-52-18(2-72(117,70(113)114)137-50(52)15(84)5-77)136-73(71(115)116)1-12(81)24(87)48(138-73)13(82)3-75/h12-58,61-69,75-108,117H,1-11,74H2,(H,109,110)(H,111,112)(H,113,114)(H,115,116)/t12-,13-,14+,15-,16+,17+,18-,19-,20-,21-,22-,23-,24-,25-,26-,27-,28-,29+,30+,31+,32+,33+,34+,35-,36-,37-,38+,39-,40-,41-,42-,43-,44+,45+,46-,47-,48-,49-,50-,51-,52-,53+,54-,55-,56+,57-,58+,61-,62-,63+,64-,65+,66+,67+,68-,69-,72-,73-/m1/s1. The third-order valence-corrected chi connectivity index (χ3v) is 25.1. The molecular weight excluding hydrogens is 1910 g/mol. The normalized spacial score (nSPS) is 50.0. The SMILES string of the molecule is N[C@H]1[C@@H](O[C@@H]2[C@H](O)[C@@H](O)[C@@H](O[C@@H]3[C@H](O)[C@@H](O[C@@H]4[C@H](O)[C@@H](O[C@H]5[C@@H]([C@H](O)CO)O[C@@](O)(C(=O)O)C[C@H]5O[C@]5(C(=O)O)C[C@@H](O)[C@@H](O)[C@@H]([C@H](O)CO)O5)O[C@H]([C@@H](O)CO)[C@H]4O[C@@H]4O[C@H](CO)[C@@H](O)[C@H](O)[C@H]4O)O[C@H]([C@@H](O)CO[C@H]4O[C@H]([C@@H](O)CO[C@@H]5O[C@H](C(=O)O)[C@H](O)[C@H](O)[C@H]5O)[C@@H](O)[C@H](O)[C@@H]4O)[C@H]3O)O[C@@H]2C(=O)O)O[C@H](CO)[C@@H](O[C@@H]2O[C@H](CO[C@@H]3O[C@H](CO)[C@@H](O)[C@H](O)[C@H]3O)[C@@H](O)[C@H](O)[C@H]2O)[C@@H]1O. The second-order valence-corrected chi connectivity index (χ2v) is 34.5. The summed E-state index contributed by atoms with van der Waals surface area (Å²) < 4.78 is 119. The summed E-state index contributed by atoms with van der Waals surface area (Å²) in [6, 6.07) is -2.11. The molecule has 0 aromatic rings. The molecule has 0 saturated carbocycles. The average Bonchev–Trinajstić information content (AvgIpc) is 0.740. The quantitative estimate of drug-likeness (QED) is 0.0273. The lowest BCUT2D eigenvalue weighted by Gasteiger charge is -2.53. The van der Waals surface area contributed by atoms with E-state index in [9.17, 15) is 218 Å². The van der Waals surface area contributed by atoms with Gasteiger partial charge in [-0.15, -0.1) is 0 Å². The van der Waals surface area contributed by atoms with Crippen molar-refractivity contribution in [3.05, 3.63) is 0 Å². The number of carboxylic acids is 4. The largest absolute Gasteiger partial charge is 0.479 e. The highest BCUT2D eigenvalue weighted by Crippen LogP contribution is 2.45. The number of aliphatic hydroxyl groups excluding tert-OH is 34. The third-order valence-electron chi connectivity index (χ3n) is 25.1. The minimum atomic E-state index is -3.76. The van der Waals surface area contributed by atoms with Crippen LogP contribution in [0.15, 0.2) is 0 Å². The van der Waals surface area contributed by atoms with Crippen molar-refractivity contribution >= 4 is 23.9 Å². The van der Waals surface area contributed by atoms with E-state index in [0.717, 1.165) is 0 Å². The Morgan fingerprint density at radius 1 is 0.304 bits per heavy atom. The Balaban J connectivity index is 0.922. The Kier molecular flexibility index (Phi) is 39.3. The number of carbonyl (C=O) groups is 4. The van der Waals surface area contributed by atoms with Crippen molar-refractivity contribution in [3.8, 4) is 0 Å². The molecule has 65 heteroatoms. The zero-order valence-electron chi connectivity index (χ0n) is 71.3. The van der Waals surface area contributed by atoms with E-state index in [4.69, 9.17) is 105 Å². The maximum Gasteiger partial charge on any atom is 0.364 e. The van der Waals surface area contributed by atoms with Crippen molar-refractivity contribution in [1.29, 1.82) is 0 Å². The smallest absolute Gasteiger partial charge is 0.364 e. The van der Waals surface area contributed by atoms with E-state index < -0.39 is 451 Å². The number of hydrogen-bond acceptors (Lipinski definition) is 61. The molecule has 11 fully saturated rings. The van der Waals surface area contributed by atoms with Gasteiger partial charge >= 0.3 is 23.9 Å². The molecule has 11 saturated heterocycles. The Labute approximate surface area is 772 Å². The number of nitrogens with two attached hydrogens (primary N) is 1. The van der Waals surface area contributed by atoms with E-state index in [2.05, 4.69) is 0 Å². The van der Waals surface area contributed by atoms with Crippen LogP contribution in [0.3, 0.4) is 0 Å². The van der Waals surface area contributed by atoms with Crippen molar-refractivity contribution in [3.63, 3.8) is 0 Å². The number of rotatable bonds is 38. The van der Waals surface area contributed by atoms with E-state index in [1.165, 1.54) is 0 Å². The lowest BCUT2D eigenvalue weighted by Crippen LogP contribution is -2.71. The number of aliphatic hydroxyl groups is 35. The van der Waals surface area contributed by atoms with Crippen LogP contribution >= 0.6 is 0 Å². The molecule has 0 radical (unpaired) electrons. The molecule has 11 heterocycles. The van der Waals surface area contributed by atoms with Gasteiger partial charge in [0.2, 0.25) is 0 Å². The highest BCUT2D eigenvalue weighted by Gasteiger charge is 2.66. The molecule has 58 atom stereocenters. The van der Waals surface area contributed by atoms with Crippen molar-refractivity contribution < 1.29 is 318 Å². The predicted molar refractivity (Wildman–Crippen MR) is 406 cm³/mol. The maximum absolute atomic E-state index is 13.5. The van der Waals surface area contributed by atoms with Gasteiger partial charge in [0.1, 0.15) is 256 Å². The molecule has 41 N–H and O–H groups in total.